The molecule has 0 aromatic rings. The number of aliphatic hydroxyl groups is 1. The third-order valence-corrected chi connectivity index (χ3v) is 2.97. The van der Waals surface area contributed by atoms with Gasteiger partial charge in [-0.15, -0.1) is 0 Å². The van der Waals surface area contributed by atoms with E-state index in [1.165, 1.54) is 4.90 Å². The van der Waals surface area contributed by atoms with Crippen molar-refractivity contribution >= 4 is 11.9 Å². The van der Waals surface area contributed by atoms with Crippen molar-refractivity contribution in [3.63, 3.8) is 0 Å². The molecule has 0 aromatic heterocycles. The van der Waals surface area contributed by atoms with Crippen LogP contribution in [0.25, 0.3) is 0 Å². The van der Waals surface area contributed by atoms with Gasteiger partial charge in [-0.2, -0.15) is 0 Å². The molecule has 2 N–H and O–H groups in total. The maximum atomic E-state index is 11.3. The summed E-state index contributed by atoms with van der Waals surface area (Å²) in [5.41, 5.74) is -1.10. The Morgan fingerprint density at radius 3 is 2.85 bits per heavy atom. The third kappa shape index (κ3) is 0.904. The van der Waals surface area contributed by atoms with Crippen LogP contribution in [0.15, 0.2) is 0 Å². The number of aliphatic hydroxyl groups excluding tert-OH is 1. The number of hydrogen-bond acceptors (Lipinski definition) is 3. The highest BCUT2D eigenvalue weighted by atomic mass is 16.4. The smallest absolute Gasteiger partial charge is 0.329 e. The summed E-state index contributed by atoms with van der Waals surface area (Å²) in [6.07, 6.45) is 0.105. The van der Waals surface area contributed by atoms with Gasteiger partial charge in [-0.25, -0.2) is 4.79 Å². The topological polar surface area (TPSA) is 77.8 Å². The summed E-state index contributed by atoms with van der Waals surface area (Å²) < 4.78 is 0. The fourth-order valence-corrected chi connectivity index (χ4v) is 2.31. The zero-order chi connectivity index (χ0) is 9.64. The fourth-order valence-electron chi connectivity index (χ4n) is 2.31. The van der Waals surface area contributed by atoms with Crippen LogP contribution in [0.5, 0.6) is 0 Å². The zero-order valence-corrected chi connectivity index (χ0v) is 7.06. The summed E-state index contributed by atoms with van der Waals surface area (Å²) in [7, 11) is 0. The van der Waals surface area contributed by atoms with Crippen molar-refractivity contribution in [2.75, 3.05) is 6.54 Å². The van der Waals surface area contributed by atoms with Gasteiger partial charge in [0.2, 0.25) is 0 Å². The summed E-state index contributed by atoms with van der Waals surface area (Å²) in [6.45, 7) is 0.461. The van der Waals surface area contributed by atoms with E-state index in [4.69, 9.17) is 5.11 Å². The average Bonchev–Trinajstić information content (AvgIpc) is 2.55. The van der Waals surface area contributed by atoms with Gasteiger partial charge < -0.3 is 15.1 Å². The van der Waals surface area contributed by atoms with Crippen LogP contribution in [-0.4, -0.2) is 45.2 Å². The maximum absolute atomic E-state index is 11.3. The zero-order valence-electron chi connectivity index (χ0n) is 7.06. The van der Waals surface area contributed by atoms with Crippen molar-refractivity contribution in [2.45, 2.75) is 30.9 Å². The highest BCUT2D eigenvalue weighted by Gasteiger charge is 2.57. The fraction of sp³-hybridized carbons (Fsp3) is 0.750. The van der Waals surface area contributed by atoms with Crippen LogP contribution < -0.4 is 0 Å². The molecule has 0 spiro atoms. The first kappa shape index (κ1) is 8.50. The van der Waals surface area contributed by atoms with Crippen LogP contribution in [0.4, 0.5) is 0 Å². The summed E-state index contributed by atoms with van der Waals surface area (Å²) in [5, 5.41) is 18.3. The molecular weight excluding hydrogens is 174 g/mol. The van der Waals surface area contributed by atoms with E-state index in [0.29, 0.717) is 19.4 Å². The summed E-state index contributed by atoms with van der Waals surface area (Å²) >= 11 is 0. The van der Waals surface area contributed by atoms with Crippen molar-refractivity contribution in [2.24, 2.45) is 0 Å². The van der Waals surface area contributed by atoms with Gasteiger partial charge in [-0.1, -0.05) is 0 Å². The van der Waals surface area contributed by atoms with E-state index in [1.807, 2.05) is 0 Å². The van der Waals surface area contributed by atoms with E-state index in [2.05, 4.69) is 0 Å². The molecule has 5 heteroatoms. The number of amides is 1. The molecule has 1 amide bonds. The van der Waals surface area contributed by atoms with Crippen LogP contribution >= 0.6 is 0 Å². The first-order valence-electron chi connectivity index (χ1n) is 4.31. The molecule has 0 radical (unpaired) electrons. The molecule has 0 aliphatic carbocycles. The second-order valence-electron chi connectivity index (χ2n) is 3.65. The molecule has 13 heavy (non-hydrogen) atoms. The molecule has 2 aliphatic heterocycles. The Labute approximate surface area is 75.0 Å². The minimum Gasteiger partial charge on any atom is -0.479 e. The predicted molar refractivity (Wildman–Crippen MR) is 41.9 cm³/mol. The molecule has 2 fully saturated rings. The second kappa shape index (κ2) is 2.45. The van der Waals surface area contributed by atoms with Crippen LogP contribution in [0, 0.1) is 0 Å². The Hall–Kier alpha value is -1.10. The van der Waals surface area contributed by atoms with Gasteiger partial charge in [0.25, 0.3) is 5.91 Å². The Balaban J connectivity index is 2.37. The van der Waals surface area contributed by atoms with Gasteiger partial charge in [0.15, 0.2) is 0 Å². The largest absolute Gasteiger partial charge is 0.479 e. The summed E-state index contributed by atoms with van der Waals surface area (Å²) in [4.78, 5) is 23.6. The lowest BCUT2D eigenvalue weighted by Gasteiger charge is -2.26. The van der Waals surface area contributed by atoms with Gasteiger partial charge in [0.05, 0.1) is 0 Å². The molecule has 0 bridgehead atoms. The molecule has 2 aliphatic rings. The van der Waals surface area contributed by atoms with E-state index in [9.17, 15) is 14.7 Å². The minimum absolute atomic E-state index is 0.0428. The molecule has 2 saturated heterocycles. The van der Waals surface area contributed by atoms with E-state index < -0.39 is 23.5 Å². The number of aliphatic carboxylic acids is 1. The lowest BCUT2D eigenvalue weighted by molar-refractivity contribution is -0.152. The van der Waals surface area contributed by atoms with Gasteiger partial charge in [0.1, 0.15) is 11.6 Å². The number of nitrogens with zero attached hydrogens (tertiary/aromatic N) is 1. The van der Waals surface area contributed by atoms with Gasteiger partial charge in [-0.3, -0.25) is 4.79 Å². The number of carbonyl (C=O) groups excluding carboxylic acids is 1. The number of fused-ring (bicyclic) bond motifs is 1. The van der Waals surface area contributed by atoms with Crippen molar-refractivity contribution in [3.05, 3.63) is 0 Å². The third-order valence-electron chi connectivity index (χ3n) is 2.97. The molecule has 0 saturated carbocycles. The van der Waals surface area contributed by atoms with E-state index in [1.54, 1.807) is 0 Å². The highest BCUT2D eigenvalue weighted by molar-refractivity contribution is 5.94. The van der Waals surface area contributed by atoms with Crippen molar-refractivity contribution < 1.29 is 19.8 Å². The monoisotopic (exact) mass is 185 g/mol. The second-order valence-corrected chi connectivity index (χ2v) is 3.65. The number of carboxylic acids is 1. The van der Waals surface area contributed by atoms with Crippen molar-refractivity contribution in [1.82, 2.24) is 4.90 Å². The van der Waals surface area contributed by atoms with Crippen LogP contribution in [0.3, 0.4) is 0 Å². The van der Waals surface area contributed by atoms with Gasteiger partial charge in [0, 0.05) is 13.0 Å². The number of carboxylic acid groups (broad SMARTS) is 1. The maximum Gasteiger partial charge on any atom is 0.329 e. The standard InChI is InChI=1S/C8H11NO4/c10-5-4-8(7(12)13)2-1-3-9(8)6(5)11/h5,10H,1-4H2,(H,12,13). The molecule has 72 valence electrons. The van der Waals surface area contributed by atoms with Crippen LogP contribution in [0.1, 0.15) is 19.3 Å². The van der Waals surface area contributed by atoms with Gasteiger partial charge in [-0.05, 0) is 12.8 Å². The molecule has 2 atom stereocenters. The minimum atomic E-state index is -1.11. The molecular formula is C8H11NO4. The first-order chi connectivity index (χ1) is 6.08. The van der Waals surface area contributed by atoms with Crippen LogP contribution in [0.2, 0.25) is 0 Å². The van der Waals surface area contributed by atoms with Gasteiger partial charge >= 0.3 is 5.97 Å². The van der Waals surface area contributed by atoms with E-state index >= 15 is 0 Å². The normalized spacial score (nSPS) is 38.1. The SMILES string of the molecule is O=C1C(O)CC2(C(=O)O)CCCN12. The van der Waals surface area contributed by atoms with Crippen molar-refractivity contribution in [1.29, 1.82) is 0 Å². The highest BCUT2D eigenvalue weighted by Crippen LogP contribution is 2.39. The molecule has 5 nitrogen and oxygen atoms in total. The summed E-state index contributed by atoms with van der Waals surface area (Å²) in [6, 6.07) is 0. The quantitative estimate of drug-likeness (QED) is 0.560. The van der Waals surface area contributed by atoms with Crippen LogP contribution in [-0.2, 0) is 9.59 Å². The molecule has 2 unspecified atom stereocenters. The predicted octanol–water partition coefficient (Wildman–Crippen LogP) is -0.803. The lowest BCUT2D eigenvalue weighted by atomic mass is 9.94. The number of hydrogen-bond donors (Lipinski definition) is 2. The Bertz CT molecular complexity index is 277. The first-order valence-corrected chi connectivity index (χ1v) is 4.31. The number of carbonyl (C=O) groups is 2. The Morgan fingerprint density at radius 2 is 2.31 bits per heavy atom. The van der Waals surface area contributed by atoms with E-state index in [-0.39, 0.29) is 6.42 Å². The van der Waals surface area contributed by atoms with Crippen molar-refractivity contribution in [3.8, 4) is 0 Å². The summed E-state index contributed by atoms with van der Waals surface area (Å²) in [5.74, 6) is -1.42. The van der Waals surface area contributed by atoms with E-state index in [0.717, 1.165) is 0 Å². The Morgan fingerprint density at radius 1 is 1.62 bits per heavy atom. The average molecular weight is 185 g/mol. The lowest BCUT2D eigenvalue weighted by Crippen LogP contribution is -2.47. The number of rotatable bonds is 1. The molecule has 0 aromatic carbocycles. The molecule has 2 rings (SSSR count). The Kier molecular flexibility index (Phi) is 1.60. The molecule has 2 heterocycles.